The van der Waals surface area contributed by atoms with E-state index in [9.17, 15) is 29.1 Å². The molecule has 0 aliphatic heterocycles. The molecular formula is C42H56N4O8. The lowest BCUT2D eigenvalue weighted by Crippen LogP contribution is -2.56. The first-order chi connectivity index (χ1) is 25.5. The van der Waals surface area contributed by atoms with Crippen LogP contribution >= 0.6 is 0 Å². The van der Waals surface area contributed by atoms with Crippen LogP contribution in [0, 0.1) is 5.92 Å². The number of nitrogens with one attached hydrogen (secondary N) is 3. The number of aliphatic hydroxyl groups excluding tert-OH is 1. The molecule has 0 fully saturated rings. The maximum absolute atomic E-state index is 13.7. The minimum Gasteiger partial charge on any atom is -0.459 e. The predicted octanol–water partition coefficient (Wildman–Crippen LogP) is 4.72. The van der Waals surface area contributed by atoms with Gasteiger partial charge in [0.2, 0.25) is 17.7 Å². The number of nitrogens with zero attached hydrogens (tertiary/aromatic N) is 1. The van der Waals surface area contributed by atoms with Crippen molar-refractivity contribution < 1.29 is 38.6 Å². The largest absolute Gasteiger partial charge is 0.459 e. The van der Waals surface area contributed by atoms with Gasteiger partial charge in [-0.3, -0.25) is 14.4 Å². The fourth-order valence-electron chi connectivity index (χ4n) is 5.77. The number of esters is 1. The zero-order valence-corrected chi connectivity index (χ0v) is 32.4. The normalized spacial score (nSPS) is 14.1. The number of amides is 4. The maximum atomic E-state index is 13.7. The van der Waals surface area contributed by atoms with Gasteiger partial charge in [0.25, 0.3) is 0 Å². The van der Waals surface area contributed by atoms with Crippen LogP contribution in [0.2, 0.25) is 0 Å². The van der Waals surface area contributed by atoms with Gasteiger partial charge in [-0.15, -0.1) is 0 Å². The maximum Gasteiger partial charge on any atom is 0.407 e. The van der Waals surface area contributed by atoms with Crippen molar-refractivity contribution in [2.24, 2.45) is 5.92 Å². The molecule has 0 spiro atoms. The average Bonchev–Trinajstić information content (AvgIpc) is 3.12. The first-order valence-corrected chi connectivity index (χ1v) is 18.3. The molecule has 0 radical (unpaired) electrons. The number of benzene rings is 3. The Hall–Kier alpha value is -5.23. The molecule has 0 saturated heterocycles. The standard InChI is InChI=1S/C42H56N4O8/c1-28(2)23-34(44-37(48)26-36(47)33(24-30-17-11-8-12-18-30)45-41(52)54-42(4,5)6)38(49)43-29(3)39(50)46(7)35(25-31-19-13-9-14-20-31)40(51)53-27-32-21-15-10-16-22-32/h8-22,28-29,33-36,47H,23-27H2,1-7H3,(H,43,49)(H,44,48)(H,45,52)/t29-,33-,34-,35+,36-/m0/s1. The summed E-state index contributed by atoms with van der Waals surface area (Å²) in [4.78, 5) is 68.0. The summed E-state index contributed by atoms with van der Waals surface area (Å²) in [6, 6.07) is 23.7. The number of carbonyl (C=O) groups excluding carboxylic acids is 5. The molecular weight excluding hydrogens is 688 g/mol. The van der Waals surface area contributed by atoms with E-state index in [4.69, 9.17) is 9.47 Å². The van der Waals surface area contributed by atoms with E-state index in [2.05, 4.69) is 16.0 Å². The van der Waals surface area contributed by atoms with Crippen molar-refractivity contribution in [2.45, 2.75) is 110 Å². The van der Waals surface area contributed by atoms with Crippen molar-refractivity contribution in [1.29, 1.82) is 0 Å². The Morgan fingerprint density at radius 3 is 1.78 bits per heavy atom. The van der Waals surface area contributed by atoms with E-state index >= 15 is 0 Å². The number of likely N-dealkylation sites (N-methyl/N-ethyl adjacent to an activating group) is 1. The number of hydrogen-bond donors (Lipinski definition) is 4. The minimum absolute atomic E-state index is 0.0195. The fourth-order valence-corrected chi connectivity index (χ4v) is 5.77. The highest BCUT2D eigenvalue weighted by molar-refractivity contribution is 5.93. The lowest BCUT2D eigenvalue weighted by Gasteiger charge is -2.30. The summed E-state index contributed by atoms with van der Waals surface area (Å²) in [6.45, 7) is 10.5. The predicted molar refractivity (Wildman–Crippen MR) is 206 cm³/mol. The summed E-state index contributed by atoms with van der Waals surface area (Å²) in [5.74, 6) is -2.35. The van der Waals surface area contributed by atoms with E-state index in [1.807, 2.05) is 105 Å². The molecule has 3 rings (SSSR count). The first kappa shape index (κ1) is 43.2. The number of aliphatic hydroxyl groups is 1. The van der Waals surface area contributed by atoms with Gasteiger partial charge < -0.3 is 35.4 Å². The SMILES string of the molecule is CC(C)C[C@H](NC(=O)C[C@H](O)[C@H](Cc1ccccc1)NC(=O)OC(C)(C)C)C(=O)N[C@@H](C)C(=O)N(C)[C@H](Cc1ccccc1)C(=O)OCc1ccccc1. The molecule has 292 valence electrons. The van der Waals surface area contributed by atoms with Crippen LogP contribution < -0.4 is 16.0 Å². The Balaban J connectivity index is 1.69. The molecule has 3 aromatic rings. The van der Waals surface area contributed by atoms with Crippen molar-refractivity contribution >= 4 is 29.8 Å². The van der Waals surface area contributed by atoms with Crippen LogP contribution in [0.4, 0.5) is 4.79 Å². The van der Waals surface area contributed by atoms with Crippen molar-refractivity contribution in [2.75, 3.05) is 7.05 Å². The molecule has 0 saturated carbocycles. The van der Waals surface area contributed by atoms with E-state index < -0.39 is 72.1 Å². The Morgan fingerprint density at radius 1 is 0.741 bits per heavy atom. The Bertz CT molecular complexity index is 1650. The molecule has 54 heavy (non-hydrogen) atoms. The molecule has 12 heteroatoms. The topological polar surface area (TPSA) is 163 Å². The monoisotopic (exact) mass is 744 g/mol. The molecule has 0 heterocycles. The average molecular weight is 745 g/mol. The van der Waals surface area contributed by atoms with Gasteiger partial charge in [-0.05, 0) is 63.1 Å². The molecule has 0 aromatic heterocycles. The summed E-state index contributed by atoms with van der Waals surface area (Å²) in [5.41, 5.74) is 1.68. The summed E-state index contributed by atoms with van der Waals surface area (Å²) < 4.78 is 11.0. The van der Waals surface area contributed by atoms with Crippen LogP contribution in [0.5, 0.6) is 0 Å². The third-order valence-electron chi connectivity index (χ3n) is 8.53. The Kier molecular flexibility index (Phi) is 16.7. The van der Waals surface area contributed by atoms with Crippen LogP contribution in [-0.2, 0) is 48.1 Å². The van der Waals surface area contributed by atoms with Gasteiger partial charge in [-0.25, -0.2) is 9.59 Å². The van der Waals surface area contributed by atoms with Gasteiger partial charge >= 0.3 is 12.1 Å². The zero-order valence-electron chi connectivity index (χ0n) is 32.4. The van der Waals surface area contributed by atoms with E-state index in [0.29, 0.717) is 0 Å². The van der Waals surface area contributed by atoms with Crippen LogP contribution in [0.3, 0.4) is 0 Å². The van der Waals surface area contributed by atoms with E-state index in [1.165, 1.54) is 18.9 Å². The smallest absolute Gasteiger partial charge is 0.407 e. The second-order valence-electron chi connectivity index (χ2n) is 14.9. The quantitative estimate of drug-likeness (QED) is 0.136. The third-order valence-corrected chi connectivity index (χ3v) is 8.53. The molecule has 5 atom stereocenters. The van der Waals surface area contributed by atoms with Crippen LogP contribution in [0.1, 0.15) is 71.1 Å². The summed E-state index contributed by atoms with van der Waals surface area (Å²) >= 11 is 0. The second-order valence-corrected chi connectivity index (χ2v) is 14.9. The van der Waals surface area contributed by atoms with Crippen molar-refractivity contribution in [3.63, 3.8) is 0 Å². The lowest BCUT2D eigenvalue weighted by atomic mass is 9.98. The summed E-state index contributed by atoms with van der Waals surface area (Å²) in [5, 5.41) is 19.3. The molecule has 4 amide bonds. The van der Waals surface area contributed by atoms with Gasteiger partial charge in [-0.2, -0.15) is 0 Å². The van der Waals surface area contributed by atoms with Crippen molar-refractivity contribution in [3.05, 3.63) is 108 Å². The minimum atomic E-state index is -1.32. The Labute approximate surface area is 319 Å². The van der Waals surface area contributed by atoms with Gasteiger partial charge in [0.05, 0.1) is 18.6 Å². The number of rotatable bonds is 18. The number of ether oxygens (including phenoxy) is 2. The first-order valence-electron chi connectivity index (χ1n) is 18.3. The number of carbonyl (C=O) groups is 5. The van der Waals surface area contributed by atoms with Crippen LogP contribution in [-0.4, -0.2) is 82.7 Å². The van der Waals surface area contributed by atoms with Crippen LogP contribution in [0.25, 0.3) is 0 Å². The van der Waals surface area contributed by atoms with Crippen LogP contribution in [0.15, 0.2) is 91.0 Å². The highest BCUT2D eigenvalue weighted by Crippen LogP contribution is 2.15. The molecule has 12 nitrogen and oxygen atoms in total. The van der Waals surface area contributed by atoms with Crippen molar-refractivity contribution in [1.82, 2.24) is 20.9 Å². The third kappa shape index (κ3) is 15.0. The summed E-state index contributed by atoms with van der Waals surface area (Å²) in [6.07, 6.45) is -1.81. The molecule has 0 bridgehead atoms. The lowest BCUT2D eigenvalue weighted by molar-refractivity contribution is -0.156. The number of hydrogen-bond acceptors (Lipinski definition) is 8. The highest BCUT2D eigenvalue weighted by atomic mass is 16.6. The van der Waals surface area contributed by atoms with E-state index in [-0.39, 0.29) is 31.8 Å². The van der Waals surface area contributed by atoms with E-state index in [1.54, 1.807) is 20.8 Å². The molecule has 3 aromatic carbocycles. The van der Waals surface area contributed by atoms with Gasteiger partial charge in [0.1, 0.15) is 30.3 Å². The molecule has 4 N–H and O–H groups in total. The molecule has 0 aliphatic carbocycles. The van der Waals surface area contributed by atoms with Gasteiger partial charge in [0, 0.05) is 13.5 Å². The van der Waals surface area contributed by atoms with E-state index in [0.717, 1.165) is 16.7 Å². The fraction of sp³-hybridized carbons (Fsp3) is 0.452. The second kappa shape index (κ2) is 20.9. The summed E-state index contributed by atoms with van der Waals surface area (Å²) in [7, 11) is 1.49. The molecule has 0 aliphatic rings. The number of alkyl carbamates (subject to hydrolysis) is 1. The zero-order chi connectivity index (χ0) is 39.8. The van der Waals surface area contributed by atoms with Gasteiger partial charge in [-0.1, -0.05) is 105 Å². The van der Waals surface area contributed by atoms with Gasteiger partial charge in [0.15, 0.2) is 0 Å². The highest BCUT2D eigenvalue weighted by Gasteiger charge is 2.34. The molecule has 0 unspecified atom stereocenters. The van der Waals surface area contributed by atoms with Crippen molar-refractivity contribution in [3.8, 4) is 0 Å². The Morgan fingerprint density at radius 2 is 1.26 bits per heavy atom.